The van der Waals surface area contributed by atoms with Crippen LogP contribution in [0.25, 0.3) is 0 Å². The molecule has 8 unspecified atom stereocenters. The summed E-state index contributed by atoms with van der Waals surface area (Å²) in [6, 6.07) is 11.9. The summed E-state index contributed by atoms with van der Waals surface area (Å²) in [6.45, 7) is -0.868. The molecular formula is C41H46O19. The van der Waals surface area contributed by atoms with Crippen molar-refractivity contribution in [3.05, 3.63) is 84.0 Å². The Morgan fingerprint density at radius 2 is 1.18 bits per heavy atom. The first-order chi connectivity index (χ1) is 28.6. The molecule has 0 radical (unpaired) electrons. The van der Waals surface area contributed by atoms with Crippen molar-refractivity contribution in [1.29, 1.82) is 0 Å². The van der Waals surface area contributed by atoms with Gasteiger partial charge in [-0.3, -0.25) is 9.59 Å². The zero-order chi connectivity index (χ0) is 43.3. The van der Waals surface area contributed by atoms with Gasteiger partial charge in [0.1, 0.15) is 55.2 Å². The lowest BCUT2D eigenvalue weighted by molar-refractivity contribution is -0.277. The van der Waals surface area contributed by atoms with Gasteiger partial charge in [0.15, 0.2) is 11.6 Å². The zero-order valence-electron chi connectivity index (χ0n) is 31.9. The van der Waals surface area contributed by atoms with Gasteiger partial charge < -0.3 is 74.4 Å². The molecule has 2 aliphatic heterocycles. The van der Waals surface area contributed by atoms with Crippen LogP contribution in [0.15, 0.2) is 72.8 Å². The van der Waals surface area contributed by atoms with E-state index in [9.17, 15) is 65.1 Å². The molecule has 9 N–H and O–H groups in total. The van der Waals surface area contributed by atoms with Crippen LogP contribution >= 0.6 is 0 Å². The molecule has 2 aromatic carbocycles. The molecule has 6 aliphatic rings. The molecule has 3 fully saturated rings. The molecule has 19 heteroatoms. The number of rotatable bonds is 12. The highest BCUT2D eigenvalue weighted by molar-refractivity contribution is 6.16. The quantitative estimate of drug-likeness (QED) is 0.0598. The van der Waals surface area contributed by atoms with Gasteiger partial charge in [0.05, 0.1) is 25.4 Å². The maximum atomic E-state index is 13.9. The number of fused-ring (bicyclic) bond motifs is 1. The van der Waals surface area contributed by atoms with Crippen LogP contribution in [0.4, 0.5) is 0 Å². The Hall–Kier alpha value is -4.64. The van der Waals surface area contributed by atoms with E-state index in [0.29, 0.717) is 0 Å². The molecule has 2 bridgehead atoms. The Morgan fingerprint density at radius 1 is 0.667 bits per heavy atom. The van der Waals surface area contributed by atoms with Crippen LogP contribution in [0, 0.1) is 29.6 Å². The summed E-state index contributed by atoms with van der Waals surface area (Å²) < 4.78 is 33.6. The van der Waals surface area contributed by atoms with Gasteiger partial charge >= 0.3 is 11.9 Å². The molecule has 0 aromatic heterocycles. The first-order valence-electron chi connectivity index (χ1n) is 19.2. The average molecular weight is 843 g/mol. The predicted molar refractivity (Wildman–Crippen MR) is 197 cm³/mol. The highest BCUT2D eigenvalue weighted by Gasteiger charge is 2.71. The number of carbonyl (C=O) groups excluding carboxylic acids is 4. The fourth-order valence-corrected chi connectivity index (χ4v) is 8.54. The van der Waals surface area contributed by atoms with Crippen molar-refractivity contribution in [2.75, 3.05) is 13.2 Å². The third-order valence-corrected chi connectivity index (χ3v) is 12.1. The summed E-state index contributed by atoms with van der Waals surface area (Å²) in [4.78, 5) is 55.2. The van der Waals surface area contributed by atoms with Crippen molar-refractivity contribution >= 4 is 23.5 Å². The lowest BCUT2D eigenvalue weighted by Crippen LogP contribution is -2.72. The first-order valence-corrected chi connectivity index (χ1v) is 19.2. The second kappa shape index (κ2) is 17.0. The standard InChI is InChI=1S/C41H46O19/c1-18-26(14-42)59-36(33(48)30(18)45)57-24-8-4-3-7-20(24)17-56-39(52)41(54)28(44)13-11-21-22-10-12-23(29(21)41)40(53,35(22)50)38(51)55-16-19-6-2-5-9-25(19)58-37-34(49)32(47)31(46)27(15-43)60-37/h2-13,18,21-23,26-27,29-34,36-37,42-43,45-49,53-54H,14-17H2,1H3/t18-,21?,22?,23?,26?,27?,29?,30?,31-,32?,33+,34+,36-,37-,40-,41+/m0/s1. The molecule has 4 aliphatic carbocycles. The predicted octanol–water partition coefficient (Wildman–Crippen LogP) is -2.68. The van der Waals surface area contributed by atoms with Crippen molar-refractivity contribution in [2.24, 2.45) is 29.6 Å². The van der Waals surface area contributed by atoms with Gasteiger partial charge in [0, 0.05) is 34.8 Å². The topological polar surface area (TPSA) is 306 Å². The van der Waals surface area contributed by atoms with E-state index < -0.39 is 146 Å². The van der Waals surface area contributed by atoms with Crippen molar-refractivity contribution in [1.82, 2.24) is 0 Å². The summed E-state index contributed by atoms with van der Waals surface area (Å²) in [5.41, 5.74) is -5.74. The summed E-state index contributed by atoms with van der Waals surface area (Å²) in [5.74, 6) is -11.4. The molecule has 2 aromatic rings. The van der Waals surface area contributed by atoms with E-state index in [1.165, 1.54) is 54.6 Å². The van der Waals surface area contributed by atoms with Gasteiger partial charge in [-0.15, -0.1) is 0 Å². The van der Waals surface area contributed by atoms with Crippen molar-refractivity contribution in [3.63, 3.8) is 0 Å². The number of hydrogen-bond acceptors (Lipinski definition) is 19. The number of aliphatic hydroxyl groups is 9. The van der Waals surface area contributed by atoms with Gasteiger partial charge in [-0.2, -0.15) is 0 Å². The lowest BCUT2D eigenvalue weighted by atomic mass is 9.49. The Kier molecular flexibility index (Phi) is 12.3. The van der Waals surface area contributed by atoms with Crippen LogP contribution in [0.2, 0.25) is 0 Å². The summed E-state index contributed by atoms with van der Waals surface area (Å²) in [5, 5.41) is 95.1. The third kappa shape index (κ3) is 7.32. The van der Waals surface area contributed by atoms with Crippen molar-refractivity contribution in [2.45, 2.75) is 86.6 Å². The minimum atomic E-state index is -3.03. The fourth-order valence-electron chi connectivity index (χ4n) is 8.54. The molecule has 2 saturated heterocycles. The van der Waals surface area contributed by atoms with Gasteiger partial charge in [-0.1, -0.05) is 61.5 Å². The molecule has 0 amide bonds. The van der Waals surface area contributed by atoms with Crippen LogP contribution in [0.1, 0.15) is 18.1 Å². The Bertz CT molecular complexity index is 2020. The highest BCUT2D eigenvalue weighted by atomic mass is 16.7. The summed E-state index contributed by atoms with van der Waals surface area (Å²) in [6.07, 6.45) is -8.27. The highest BCUT2D eigenvalue weighted by Crippen LogP contribution is 2.55. The number of allylic oxidation sites excluding steroid dienone is 2. The molecule has 16 atom stereocenters. The van der Waals surface area contributed by atoms with Crippen LogP contribution in [-0.2, 0) is 51.3 Å². The number of para-hydroxylation sites is 2. The fraction of sp³-hybridized carbons (Fsp3) is 0.512. The van der Waals surface area contributed by atoms with Gasteiger partial charge in [0.2, 0.25) is 23.8 Å². The summed E-state index contributed by atoms with van der Waals surface area (Å²) in [7, 11) is 0. The van der Waals surface area contributed by atoms with E-state index in [4.69, 9.17) is 28.4 Å². The lowest BCUT2D eigenvalue weighted by Gasteiger charge is -2.54. The molecule has 8 rings (SSSR count). The number of hydrogen-bond donors (Lipinski definition) is 9. The maximum absolute atomic E-state index is 13.9. The number of esters is 2. The van der Waals surface area contributed by atoms with Crippen LogP contribution in [0.5, 0.6) is 11.5 Å². The van der Waals surface area contributed by atoms with Crippen molar-refractivity contribution < 1.29 is 93.6 Å². The third-order valence-electron chi connectivity index (χ3n) is 12.1. The van der Waals surface area contributed by atoms with Gasteiger partial charge in [-0.05, 0) is 24.1 Å². The molecule has 0 spiro atoms. The van der Waals surface area contributed by atoms with E-state index in [-0.39, 0.29) is 22.6 Å². The van der Waals surface area contributed by atoms with Crippen LogP contribution in [0.3, 0.4) is 0 Å². The molecule has 19 nitrogen and oxygen atoms in total. The molecule has 1 saturated carbocycles. The second-order valence-electron chi connectivity index (χ2n) is 15.5. The maximum Gasteiger partial charge on any atom is 0.347 e. The number of aliphatic hydroxyl groups excluding tert-OH is 7. The van der Waals surface area contributed by atoms with Gasteiger partial charge in [0.25, 0.3) is 0 Å². The Balaban J connectivity index is 1.08. The van der Waals surface area contributed by atoms with Crippen molar-refractivity contribution in [3.8, 4) is 11.5 Å². The largest absolute Gasteiger partial charge is 0.462 e. The minimum absolute atomic E-state index is 0.0232. The zero-order valence-corrected chi connectivity index (χ0v) is 31.9. The minimum Gasteiger partial charge on any atom is -0.462 e. The smallest absolute Gasteiger partial charge is 0.347 e. The number of carbonyl (C=O) groups is 4. The number of ether oxygens (including phenoxy) is 6. The number of Topliss-reactive ketones (excluding diaryl/α,β-unsaturated/α-hetero) is 1. The molecular weight excluding hydrogens is 796 g/mol. The Morgan fingerprint density at radius 3 is 1.75 bits per heavy atom. The molecule has 60 heavy (non-hydrogen) atoms. The molecule has 2 heterocycles. The average Bonchev–Trinajstić information content (AvgIpc) is 3.25. The van der Waals surface area contributed by atoms with Gasteiger partial charge in [-0.25, -0.2) is 9.59 Å². The van der Waals surface area contributed by atoms with E-state index in [1.807, 2.05) is 0 Å². The van der Waals surface area contributed by atoms with Crippen LogP contribution in [-0.4, -0.2) is 149 Å². The second-order valence-corrected chi connectivity index (χ2v) is 15.5. The normalized spacial score (nSPS) is 39.5. The van der Waals surface area contributed by atoms with E-state index in [0.717, 1.165) is 6.08 Å². The van der Waals surface area contributed by atoms with E-state index >= 15 is 0 Å². The number of ketones is 2. The Labute approximate surface area is 341 Å². The van der Waals surface area contributed by atoms with E-state index in [1.54, 1.807) is 19.1 Å². The molecule has 324 valence electrons. The SMILES string of the molecule is C[C@H]1C(CO)O[C@H](Oc2ccccc2COC(=O)[C@@]2(O)C(=O)C=CC3C4C=CC(C32)[C@@](O)(C(=O)OCc2ccccc2O[C@H]2OC(CO)[C@H](O)C(O)[C@H]2O)C4=O)[C@H](O)C1O. The summed E-state index contributed by atoms with van der Waals surface area (Å²) >= 11 is 0. The van der Waals surface area contributed by atoms with E-state index in [2.05, 4.69) is 0 Å². The monoisotopic (exact) mass is 842 g/mol. The van der Waals surface area contributed by atoms with Crippen LogP contribution < -0.4 is 9.47 Å². The first kappa shape index (κ1) is 43.4. The number of benzene rings is 2.